The first-order chi connectivity index (χ1) is 17.2. The van der Waals surface area contributed by atoms with Gasteiger partial charge in [0.15, 0.2) is 0 Å². The lowest BCUT2D eigenvalue weighted by Crippen LogP contribution is -2.33. The van der Waals surface area contributed by atoms with E-state index in [4.69, 9.17) is 4.74 Å². The standard InChI is InChI=1S/C30H29N2OS2/c1-4-31-25-10-6-8-12-27(25)34-29(31)20-23(15-14-22-16-18-24(33-3)19-17-22)21-30-32(5-2)26-11-7-9-13-28(26)35-30/h6-21H,4-5H2,1-3H3/q+1/b15-14+. The largest absolute Gasteiger partial charge is 0.497 e. The number of para-hydroxylation sites is 2. The third kappa shape index (κ3) is 4.93. The van der Waals surface area contributed by atoms with Crippen LogP contribution in [0.4, 0.5) is 5.69 Å². The van der Waals surface area contributed by atoms with Crippen molar-refractivity contribution in [2.24, 2.45) is 0 Å². The molecule has 0 radical (unpaired) electrons. The van der Waals surface area contributed by atoms with Crippen LogP contribution in [0.2, 0.25) is 0 Å². The zero-order valence-corrected chi connectivity index (χ0v) is 21.9. The first kappa shape index (κ1) is 23.5. The number of fused-ring (bicyclic) bond motifs is 2. The van der Waals surface area contributed by atoms with E-state index < -0.39 is 0 Å². The number of rotatable bonds is 7. The summed E-state index contributed by atoms with van der Waals surface area (Å²) in [7, 11) is 1.70. The monoisotopic (exact) mass is 497 g/mol. The number of benzene rings is 3. The van der Waals surface area contributed by atoms with E-state index in [1.807, 2.05) is 35.2 Å². The Labute approximate surface area is 215 Å². The number of aromatic nitrogens is 1. The number of nitrogens with zero attached hydrogens (tertiary/aromatic N) is 2. The van der Waals surface area contributed by atoms with Gasteiger partial charge in [-0.15, -0.1) is 0 Å². The maximum atomic E-state index is 5.32. The Hall–Kier alpha value is -3.28. The molecule has 0 saturated carbocycles. The van der Waals surface area contributed by atoms with Crippen molar-refractivity contribution in [3.8, 4) is 5.75 Å². The van der Waals surface area contributed by atoms with Crippen molar-refractivity contribution in [2.75, 3.05) is 18.6 Å². The maximum Gasteiger partial charge on any atom is 0.263 e. The highest BCUT2D eigenvalue weighted by atomic mass is 32.2. The quantitative estimate of drug-likeness (QED) is 0.192. The van der Waals surface area contributed by atoms with Crippen molar-refractivity contribution in [1.29, 1.82) is 0 Å². The molecule has 0 unspecified atom stereocenters. The van der Waals surface area contributed by atoms with E-state index in [1.54, 1.807) is 7.11 Å². The van der Waals surface area contributed by atoms with Gasteiger partial charge in [-0.25, -0.2) is 0 Å². The van der Waals surface area contributed by atoms with Crippen molar-refractivity contribution < 1.29 is 9.30 Å². The van der Waals surface area contributed by atoms with Gasteiger partial charge in [0.2, 0.25) is 5.52 Å². The molecular formula is C30H29N2OS2+. The highest BCUT2D eigenvalue weighted by molar-refractivity contribution is 8.03. The predicted molar refractivity (Wildman–Crippen MR) is 151 cm³/mol. The molecule has 0 N–H and O–H groups in total. The molecule has 1 aliphatic heterocycles. The van der Waals surface area contributed by atoms with E-state index >= 15 is 0 Å². The van der Waals surface area contributed by atoms with Gasteiger partial charge in [0.05, 0.1) is 17.8 Å². The number of anilines is 1. The van der Waals surface area contributed by atoms with Crippen molar-refractivity contribution in [1.82, 2.24) is 0 Å². The van der Waals surface area contributed by atoms with E-state index in [0.29, 0.717) is 0 Å². The second kappa shape index (κ2) is 10.5. The number of hydrogen-bond donors (Lipinski definition) is 0. The zero-order valence-electron chi connectivity index (χ0n) is 20.3. The topological polar surface area (TPSA) is 16.4 Å². The van der Waals surface area contributed by atoms with Gasteiger partial charge in [-0.1, -0.05) is 71.6 Å². The average Bonchev–Trinajstić information content (AvgIpc) is 3.44. The summed E-state index contributed by atoms with van der Waals surface area (Å²) in [5.74, 6) is 0.869. The fourth-order valence-corrected chi connectivity index (χ4v) is 6.68. The third-order valence-electron chi connectivity index (χ3n) is 6.07. The highest BCUT2D eigenvalue weighted by Crippen LogP contribution is 2.46. The second-order valence-electron chi connectivity index (χ2n) is 8.20. The smallest absolute Gasteiger partial charge is 0.263 e. The Morgan fingerprint density at radius 2 is 1.74 bits per heavy atom. The van der Waals surface area contributed by atoms with E-state index in [-0.39, 0.29) is 0 Å². The maximum absolute atomic E-state index is 5.32. The van der Waals surface area contributed by atoms with Gasteiger partial charge < -0.3 is 9.64 Å². The summed E-state index contributed by atoms with van der Waals surface area (Å²) in [4.78, 5) is 3.71. The number of methoxy groups -OCH3 is 1. The van der Waals surface area contributed by atoms with Crippen LogP contribution >= 0.6 is 23.1 Å². The second-order valence-corrected chi connectivity index (χ2v) is 10.3. The van der Waals surface area contributed by atoms with Crippen molar-refractivity contribution >= 4 is 51.2 Å². The van der Waals surface area contributed by atoms with Gasteiger partial charge in [0, 0.05) is 23.6 Å². The number of aryl methyl sites for hydroxylation is 1. The molecular weight excluding hydrogens is 468 g/mol. The summed E-state index contributed by atoms with van der Waals surface area (Å²) in [6.07, 6.45) is 9.03. The number of hydrogen-bond acceptors (Lipinski definition) is 4. The minimum atomic E-state index is 0.869. The van der Waals surface area contributed by atoms with Crippen molar-refractivity contribution in [2.45, 2.75) is 25.3 Å². The van der Waals surface area contributed by atoms with Crippen LogP contribution in [0.3, 0.4) is 0 Å². The van der Waals surface area contributed by atoms with Crippen LogP contribution in [-0.4, -0.2) is 13.7 Å². The Morgan fingerprint density at radius 1 is 0.971 bits per heavy atom. The molecule has 0 saturated heterocycles. The Bertz CT molecular complexity index is 1430. The third-order valence-corrected chi connectivity index (χ3v) is 8.30. The summed E-state index contributed by atoms with van der Waals surface area (Å²) >= 11 is 3.68. The number of thioether (sulfide) groups is 1. The van der Waals surface area contributed by atoms with Crippen LogP contribution < -0.4 is 14.2 Å². The number of thiazole rings is 1. The summed E-state index contributed by atoms with van der Waals surface area (Å²) < 4.78 is 9.02. The van der Waals surface area contributed by atoms with E-state index in [1.165, 1.54) is 36.4 Å². The molecule has 5 rings (SSSR count). The van der Waals surface area contributed by atoms with Gasteiger partial charge in [-0.05, 0) is 61.4 Å². The minimum Gasteiger partial charge on any atom is -0.497 e. The molecule has 0 bridgehead atoms. The van der Waals surface area contributed by atoms with Gasteiger partial charge >= 0.3 is 0 Å². The summed E-state index contributed by atoms with van der Waals surface area (Å²) in [6.45, 7) is 6.29. The Kier molecular flexibility index (Phi) is 7.07. The lowest BCUT2D eigenvalue weighted by atomic mass is 10.1. The van der Waals surface area contributed by atoms with Gasteiger partial charge in [0.1, 0.15) is 17.0 Å². The van der Waals surface area contributed by atoms with Gasteiger partial charge in [-0.2, -0.15) is 4.57 Å². The van der Waals surface area contributed by atoms with Gasteiger partial charge in [-0.3, -0.25) is 0 Å². The van der Waals surface area contributed by atoms with Crippen LogP contribution in [0.15, 0.2) is 100 Å². The van der Waals surface area contributed by atoms with Crippen LogP contribution in [0, 0.1) is 0 Å². The predicted octanol–water partition coefficient (Wildman–Crippen LogP) is 7.79. The highest BCUT2D eigenvalue weighted by Gasteiger charge is 2.24. The van der Waals surface area contributed by atoms with Crippen LogP contribution in [-0.2, 0) is 6.54 Å². The Morgan fingerprint density at radius 3 is 2.51 bits per heavy atom. The SMILES string of the molecule is CCN1/C(=C/C(=C\c2sc3ccccc3[n+]2CC)/C=C/c2ccc(OC)cc2)Sc2ccccc21. The number of allylic oxidation sites excluding steroid dienone is 3. The van der Waals surface area contributed by atoms with Crippen LogP contribution in [0.5, 0.6) is 5.75 Å². The van der Waals surface area contributed by atoms with E-state index in [0.717, 1.165) is 24.4 Å². The van der Waals surface area contributed by atoms with Crippen molar-refractivity contribution in [3.63, 3.8) is 0 Å². The summed E-state index contributed by atoms with van der Waals surface area (Å²) in [5.41, 5.74) is 4.89. The van der Waals surface area contributed by atoms with E-state index in [2.05, 4.69) is 108 Å². The lowest BCUT2D eigenvalue weighted by Gasteiger charge is -2.18. The molecule has 0 amide bonds. The molecule has 176 valence electrons. The average molecular weight is 498 g/mol. The lowest BCUT2D eigenvalue weighted by molar-refractivity contribution is -0.665. The Balaban J connectivity index is 1.58. The minimum absolute atomic E-state index is 0.869. The molecule has 0 spiro atoms. The molecule has 4 aromatic rings. The zero-order chi connectivity index (χ0) is 24.2. The number of ether oxygens (including phenoxy) is 1. The molecule has 0 atom stereocenters. The summed E-state index contributed by atoms with van der Waals surface area (Å²) in [6, 6.07) is 25.5. The van der Waals surface area contributed by atoms with E-state index in [9.17, 15) is 0 Å². The molecule has 5 heteroatoms. The normalized spacial score (nSPS) is 14.9. The molecule has 2 heterocycles. The molecule has 0 aliphatic carbocycles. The summed E-state index contributed by atoms with van der Waals surface area (Å²) in [5, 5.41) is 2.51. The van der Waals surface area contributed by atoms with Crippen molar-refractivity contribution in [3.05, 3.63) is 106 Å². The molecule has 3 nitrogen and oxygen atoms in total. The molecule has 1 aromatic heterocycles. The first-order valence-electron chi connectivity index (χ1n) is 11.9. The molecule has 0 fully saturated rings. The fourth-order valence-electron chi connectivity index (χ4n) is 4.30. The van der Waals surface area contributed by atoms with Crippen LogP contribution in [0.1, 0.15) is 24.4 Å². The molecule has 3 aromatic carbocycles. The fraction of sp³-hybridized carbons (Fsp3) is 0.167. The van der Waals surface area contributed by atoms with Crippen LogP contribution in [0.25, 0.3) is 22.4 Å². The molecule has 35 heavy (non-hydrogen) atoms. The molecule has 1 aliphatic rings. The van der Waals surface area contributed by atoms with Gasteiger partial charge in [0.25, 0.3) is 5.01 Å². The first-order valence-corrected chi connectivity index (χ1v) is 13.5.